The highest BCUT2D eigenvalue weighted by Gasteiger charge is 1.93. The van der Waals surface area contributed by atoms with E-state index < -0.39 is 0 Å². The van der Waals surface area contributed by atoms with Gasteiger partial charge in [0.1, 0.15) is 0 Å². The van der Waals surface area contributed by atoms with Gasteiger partial charge in [-0.05, 0) is 13.0 Å². The van der Waals surface area contributed by atoms with E-state index in [-0.39, 0.29) is 0 Å². The van der Waals surface area contributed by atoms with E-state index in [1.54, 1.807) is 6.07 Å². The molecule has 12 heavy (non-hydrogen) atoms. The minimum atomic E-state index is 0.658. The van der Waals surface area contributed by atoms with E-state index >= 15 is 0 Å². The molecule has 60 valence electrons. The molecule has 0 N–H and O–H groups in total. The summed E-state index contributed by atoms with van der Waals surface area (Å²) in [5, 5.41) is 0. The van der Waals surface area contributed by atoms with E-state index in [0.29, 0.717) is 5.69 Å². The molecule has 0 heterocycles. The minimum absolute atomic E-state index is 0.658. The molecule has 0 aliphatic rings. The third-order valence-electron chi connectivity index (χ3n) is 1.45. The van der Waals surface area contributed by atoms with Crippen molar-refractivity contribution in [3.8, 4) is 0 Å². The topological polar surface area (TPSA) is 29.4 Å². The third kappa shape index (κ3) is 1.91. The van der Waals surface area contributed by atoms with Crippen LogP contribution in [0.1, 0.15) is 12.5 Å². The number of hydrogen-bond donors (Lipinski definition) is 0. The molecule has 2 nitrogen and oxygen atoms in total. The Balaban J connectivity index is 3.16. The van der Waals surface area contributed by atoms with E-state index in [1.165, 1.54) is 6.08 Å². The first kappa shape index (κ1) is 8.44. The van der Waals surface area contributed by atoms with Crippen LogP contribution in [0.15, 0.2) is 35.3 Å². The summed E-state index contributed by atoms with van der Waals surface area (Å²) in [4.78, 5) is 13.6. The lowest BCUT2D eigenvalue weighted by molar-refractivity contribution is 0.565. The second kappa shape index (κ2) is 4.27. The van der Waals surface area contributed by atoms with E-state index in [9.17, 15) is 4.79 Å². The molecular weight excluding hydrogens is 150 g/mol. The SMILES string of the molecule is CC=Cc1ccccc1N=C=O. The third-order valence-corrected chi connectivity index (χ3v) is 1.45. The van der Waals surface area contributed by atoms with Gasteiger partial charge in [0.15, 0.2) is 0 Å². The predicted molar refractivity (Wildman–Crippen MR) is 48.9 cm³/mol. The van der Waals surface area contributed by atoms with Gasteiger partial charge in [0, 0.05) is 5.56 Å². The molecule has 0 bridgehead atoms. The number of nitrogens with zero attached hydrogens (tertiary/aromatic N) is 1. The molecule has 0 aromatic heterocycles. The first-order valence-corrected chi connectivity index (χ1v) is 3.68. The van der Waals surface area contributed by atoms with Crippen molar-refractivity contribution in [3.05, 3.63) is 35.9 Å². The van der Waals surface area contributed by atoms with Gasteiger partial charge in [-0.1, -0.05) is 30.4 Å². The summed E-state index contributed by atoms with van der Waals surface area (Å²) in [7, 11) is 0. The molecule has 0 saturated heterocycles. The molecule has 0 fully saturated rings. The fourth-order valence-electron chi connectivity index (χ4n) is 0.959. The van der Waals surface area contributed by atoms with Gasteiger partial charge >= 0.3 is 0 Å². The summed E-state index contributed by atoms with van der Waals surface area (Å²) in [6, 6.07) is 7.42. The van der Waals surface area contributed by atoms with Crippen molar-refractivity contribution in [2.24, 2.45) is 4.99 Å². The van der Waals surface area contributed by atoms with Crippen LogP contribution in [0.2, 0.25) is 0 Å². The summed E-state index contributed by atoms with van der Waals surface area (Å²) in [5.74, 6) is 0. The average Bonchev–Trinajstić information content (AvgIpc) is 2.09. The van der Waals surface area contributed by atoms with Crippen LogP contribution in [0.25, 0.3) is 6.08 Å². The summed E-state index contributed by atoms with van der Waals surface area (Å²) in [5.41, 5.74) is 1.59. The number of allylic oxidation sites excluding steroid dienone is 1. The van der Waals surface area contributed by atoms with Gasteiger partial charge in [-0.15, -0.1) is 0 Å². The fourth-order valence-corrected chi connectivity index (χ4v) is 0.959. The first-order valence-electron chi connectivity index (χ1n) is 3.68. The molecule has 0 amide bonds. The Kier molecular flexibility index (Phi) is 3.00. The number of benzene rings is 1. The van der Waals surface area contributed by atoms with E-state index in [1.807, 2.05) is 37.3 Å². The molecule has 0 saturated carbocycles. The molecule has 1 aromatic carbocycles. The van der Waals surface area contributed by atoms with Gasteiger partial charge < -0.3 is 0 Å². The largest absolute Gasteiger partial charge is 0.240 e. The number of carbonyl (C=O) groups excluding carboxylic acids is 1. The van der Waals surface area contributed by atoms with Gasteiger partial charge in [0.05, 0.1) is 5.69 Å². The molecule has 0 spiro atoms. The number of aliphatic imine (C=N–C) groups is 1. The van der Waals surface area contributed by atoms with Crippen LogP contribution >= 0.6 is 0 Å². The van der Waals surface area contributed by atoms with E-state index in [2.05, 4.69) is 4.99 Å². The lowest BCUT2D eigenvalue weighted by Crippen LogP contribution is -1.72. The molecule has 0 radical (unpaired) electrons. The number of rotatable bonds is 2. The van der Waals surface area contributed by atoms with Crippen molar-refractivity contribution in [2.75, 3.05) is 0 Å². The predicted octanol–water partition coefficient (Wildman–Crippen LogP) is 2.69. The van der Waals surface area contributed by atoms with Crippen LogP contribution < -0.4 is 0 Å². The Labute approximate surface area is 71.3 Å². The van der Waals surface area contributed by atoms with Crippen LogP contribution in [-0.4, -0.2) is 6.08 Å². The van der Waals surface area contributed by atoms with E-state index in [4.69, 9.17) is 0 Å². The molecule has 0 aliphatic heterocycles. The second-order valence-electron chi connectivity index (χ2n) is 2.26. The van der Waals surface area contributed by atoms with Crippen molar-refractivity contribution in [3.63, 3.8) is 0 Å². The molecule has 0 unspecified atom stereocenters. The van der Waals surface area contributed by atoms with Gasteiger partial charge in [-0.3, -0.25) is 0 Å². The van der Waals surface area contributed by atoms with Gasteiger partial charge in [-0.2, -0.15) is 4.99 Å². The van der Waals surface area contributed by atoms with Crippen molar-refractivity contribution in [1.29, 1.82) is 0 Å². The highest BCUT2D eigenvalue weighted by Crippen LogP contribution is 2.18. The zero-order chi connectivity index (χ0) is 8.81. The van der Waals surface area contributed by atoms with Crippen molar-refractivity contribution in [1.82, 2.24) is 0 Å². The highest BCUT2D eigenvalue weighted by molar-refractivity contribution is 5.66. The summed E-state index contributed by atoms with van der Waals surface area (Å²) >= 11 is 0. The monoisotopic (exact) mass is 159 g/mol. The Bertz CT molecular complexity index is 335. The Morgan fingerprint density at radius 2 is 2.17 bits per heavy atom. The number of isocyanates is 1. The maximum Gasteiger partial charge on any atom is 0.240 e. The van der Waals surface area contributed by atoms with Gasteiger partial charge in [0.25, 0.3) is 0 Å². The normalized spacial score (nSPS) is 9.75. The zero-order valence-electron chi connectivity index (χ0n) is 6.82. The Morgan fingerprint density at radius 1 is 1.42 bits per heavy atom. The van der Waals surface area contributed by atoms with Gasteiger partial charge in [0.2, 0.25) is 6.08 Å². The molecule has 2 heteroatoms. The first-order chi connectivity index (χ1) is 5.88. The number of para-hydroxylation sites is 1. The molecular formula is C10H9NO. The molecule has 1 aromatic rings. The minimum Gasteiger partial charge on any atom is -0.211 e. The maximum absolute atomic E-state index is 10.0. The van der Waals surface area contributed by atoms with E-state index in [0.717, 1.165) is 5.56 Å². The van der Waals surface area contributed by atoms with Crippen molar-refractivity contribution >= 4 is 17.8 Å². The standard InChI is InChI=1S/C10H9NO/c1-2-5-9-6-3-4-7-10(9)11-8-12/h2-7H,1H3. The molecule has 1 rings (SSSR count). The summed E-state index contributed by atoms with van der Waals surface area (Å²) in [6.07, 6.45) is 5.32. The quantitative estimate of drug-likeness (QED) is 0.482. The second-order valence-corrected chi connectivity index (χ2v) is 2.26. The van der Waals surface area contributed by atoms with Crippen LogP contribution in [0.5, 0.6) is 0 Å². The van der Waals surface area contributed by atoms with Crippen LogP contribution in [0, 0.1) is 0 Å². The molecule has 0 aliphatic carbocycles. The smallest absolute Gasteiger partial charge is 0.211 e. The Hall–Kier alpha value is -1.66. The Morgan fingerprint density at radius 3 is 2.83 bits per heavy atom. The van der Waals surface area contributed by atoms with Crippen LogP contribution in [-0.2, 0) is 4.79 Å². The zero-order valence-corrected chi connectivity index (χ0v) is 6.82. The molecule has 0 atom stereocenters. The lowest BCUT2D eigenvalue weighted by atomic mass is 10.2. The van der Waals surface area contributed by atoms with Crippen molar-refractivity contribution in [2.45, 2.75) is 6.92 Å². The van der Waals surface area contributed by atoms with Crippen molar-refractivity contribution < 1.29 is 4.79 Å². The highest BCUT2D eigenvalue weighted by atomic mass is 16.1. The fraction of sp³-hybridized carbons (Fsp3) is 0.100. The maximum atomic E-state index is 10.0. The summed E-state index contributed by atoms with van der Waals surface area (Å²) < 4.78 is 0. The van der Waals surface area contributed by atoms with Crippen LogP contribution in [0.3, 0.4) is 0 Å². The van der Waals surface area contributed by atoms with Crippen LogP contribution in [0.4, 0.5) is 5.69 Å². The number of hydrogen-bond acceptors (Lipinski definition) is 2. The summed E-state index contributed by atoms with van der Waals surface area (Å²) in [6.45, 7) is 1.92. The van der Waals surface area contributed by atoms with Gasteiger partial charge in [-0.25, -0.2) is 4.79 Å². The average molecular weight is 159 g/mol. The lowest BCUT2D eigenvalue weighted by Gasteiger charge is -1.95.